The van der Waals surface area contributed by atoms with Gasteiger partial charge in [0.1, 0.15) is 22.5 Å². The number of aromatic nitrogens is 1. The van der Waals surface area contributed by atoms with E-state index in [-0.39, 0.29) is 28.5 Å². The molecule has 180 valence electrons. The normalized spacial score (nSPS) is 14.6. The van der Waals surface area contributed by atoms with E-state index in [1.807, 2.05) is 13.0 Å². The Bertz CT molecular complexity index is 1190. The van der Waals surface area contributed by atoms with Crippen LogP contribution in [0.4, 0.5) is 19.6 Å². The molecule has 2 aromatic heterocycles. The van der Waals surface area contributed by atoms with Crippen molar-refractivity contribution in [1.82, 2.24) is 10.3 Å². The molecule has 1 unspecified atom stereocenters. The maximum atomic E-state index is 14.8. The fourth-order valence-corrected chi connectivity index (χ4v) is 4.74. The Balaban J connectivity index is 1.58. The maximum absolute atomic E-state index is 14.8. The highest BCUT2D eigenvalue weighted by atomic mass is 32.1. The van der Waals surface area contributed by atoms with Crippen LogP contribution in [0, 0.1) is 18.6 Å². The van der Waals surface area contributed by atoms with Crippen LogP contribution in [0.25, 0.3) is 10.4 Å². The smallest absolute Gasteiger partial charge is 0.251 e. The summed E-state index contributed by atoms with van der Waals surface area (Å²) in [5, 5.41) is 16.0. The lowest BCUT2D eigenvalue weighted by molar-refractivity contribution is 0.00725. The standard InChI is InChI=1S/C24H26F2N4O3S/c1-12(31)5-14-6-18(25)22(19(26)7-14)20-8-17(23(27)32)24(34-20)30-21-4-3-15(13(2)29-21)11-33-16-9-28-10-16/h3-4,6-8,12,16,28,31H,5,9-11H2,1-2H3,(H2,27,32)(H,29,30). The first-order chi connectivity index (χ1) is 16.2. The third-order valence-corrected chi connectivity index (χ3v) is 6.60. The average molecular weight is 489 g/mol. The second-order valence-electron chi connectivity index (χ2n) is 8.36. The van der Waals surface area contributed by atoms with Gasteiger partial charge in [-0.15, -0.1) is 11.3 Å². The first-order valence-electron chi connectivity index (χ1n) is 10.9. The number of pyridine rings is 1. The molecule has 0 radical (unpaired) electrons. The number of benzene rings is 1. The Kier molecular flexibility index (Phi) is 7.22. The molecule has 1 amide bonds. The molecule has 1 atom stereocenters. The van der Waals surface area contributed by atoms with Gasteiger partial charge in [-0.1, -0.05) is 6.07 Å². The first-order valence-corrected chi connectivity index (χ1v) is 11.7. The highest BCUT2D eigenvalue weighted by molar-refractivity contribution is 7.20. The lowest BCUT2D eigenvalue weighted by atomic mass is 10.0. The van der Waals surface area contributed by atoms with Crippen molar-refractivity contribution in [3.05, 3.63) is 64.4 Å². The van der Waals surface area contributed by atoms with Crippen molar-refractivity contribution < 1.29 is 23.4 Å². The van der Waals surface area contributed by atoms with Gasteiger partial charge in [0.05, 0.1) is 29.9 Å². The van der Waals surface area contributed by atoms with Crippen molar-refractivity contribution in [1.29, 1.82) is 0 Å². The number of primary amides is 1. The Morgan fingerprint density at radius 1 is 1.32 bits per heavy atom. The van der Waals surface area contributed by atoms with Crippen LogP contribution in [0.15, 0.2) is 30.3 Å². The van der Waals surface area contributed by atoms with Gasteiger partial charge >= 0.3 is 0 Å². The van der Waals surface area contributed by atoms with Crippen molar-refractivity contribution >= 4 is 28.1 Å². The number of nitrogens with one attached hydrogen (secondary N) is 2. The molecule has 1 saturated heterocycles. The molecule has 0 aliphatic carbocycles. The fourth-order valence-electron chi connectivity index (χ4n) is 3.63. The summed E-state index contributed by atoms with van der Waals surface area (Å²) in [7, 11) is 0. The van der Waals surface area contributed by atoms with E-state index in [9.17, 15) is 18.7 Å². The van der Waals surface area contributed by atoms with Crippen molar-refractivity contribution in [3.8, 4) is 10.4 Å². The SMILES string of the molecule is Cc1nc(Nc2sc(-c3c(F)cc(CC(C)O)cc3F)cc2C(N)=O)ccc1COC1CNC1. The van der Waals surface area contributed by atoms with Crippen molar-refractivity contribution in [2.75, 3.05) is 18.4 Å². The predicted molar refractivity (Wildman–Crippen MR) is 127 cm³/mol. The topological polar surface area (TPSA) is 110 Å². The summed E-state index contributed by atoms with van der Waals surface area (Å²) in [6.07, 6.45) is -0.392. The van der Waals surface area contributed by atoms with Crippen molar-refractivity contribution in [2.45, 2.75) is 39.1 Å². The summed E-state index contributed by atoms with van der Waals surface area (Å²) in [4.78, 5) is 16.8. The Labute approximate surface area is 200 Å². The van der Waals surface area contributed by atoms with Gasteiger partial charge in [-0.05, 0) is 55.7 Å². The van der Waals surface area contributed by atoms with Gasteiger partial charge in [0, 0.05) is 23.7 Å². The molecular formula is C24H26F2N4O3S. The van der Waals surface area contributed by atoms with E-state index in [4.69, 9.17) is 10.5 Å². The lowest BCUT2D eigenvalue weighted by Crippen LogP contribution is -2.48. The Morgan fingerprint density at radius 2 is 2.03 bits per heavy atom. The van der Waals surface area contributed by atoms with Gasteiger partial charge in [0.25, 0.3) is 5.91 Å². The minimum absolute atomic E-state index is 0.108. The summed E-state index contributed by atoms with van der Waals surface area (Å²) in [6, 6.07) is 7.38. The molecular weight excluding hydrogens is 462 g/mol. The molecule has 1 fully saturated rings. The van der Waals surface area contributed by atoms with Crippen LogP contribution in [0.5, 0.6) is 0 Å². The lowest BCUT2D eigenvalue weighted by Gasteiger charge is -2.27. The van der Waals surface area contributed by atoms with Crippen LogP contribution in [-0.2, 0) is 17.8 Å². The molecule has 5 N–H and O–H groups in total. The molecule has 0 spiro atoms. The molecule has 4 rings (SSSR count). The van der Waals surface area contributed by atoms with E-state index in [1.54, 1.807) is 13.0 Å². The molecule has 3 aromatic rings. The quantitative estimate of drug-likeness (QED) is 0.366. The number of aryl methyl sites for hydroxylation is 1. The van der Waals surface area contributed by atoms with Gasteiger partial charge < -0.3 is 26.2 Å². The number of halogens is 2. The highest BCUT2D eigenvalue weighted by Gasteiger charge is 2.22. The van der Waals surface area contributed by atoms with Gasteiger partial charge in [-0.3, -0.25) is 4.79 Å². The number of ether oxygens (including phenoxy) is 1. The number of carbonyl (C=O) groups excluding carboxylic acids is 1. The minimum atomic E-state index is -0.778. The van der Waals surface area contributed by atoms with Gasteiger partial charge in [-0.25, -0.2) is 13.8 Å². The minimum Gasteiger partial charge on any atom is -0.393 e. The molecule has 0 saturated carbocycles. The number of amides is 1. The number of aliphatic hydroxyl groups excluding tert-OH is 1. The number of hydrogen-bond donors (Lipinski definition) is 4. The predicted octanol–water partition coefficient (Wildman–Crippen LogP) is 3.65. The molecule has 10 heteroatoms. The molecule has 0 bridgehead atoms. The number of thiophene rings is 1. The fraction of sp³-hybridized carbons (Fsp3) is 0.333. The van der Waals surface area contributed by atoms with Crippen LogP contribution in [0.1, 0.15) is 34.1 Å². The van der Waals surface area contributed by atoms with Crippen LogP contribution < -0.4 is 16.4 Å². The molecule has 3 heterocycles. The number of nitrogens with two attached hydrogens (primary N) is 1. The highest BCUT2D eigenvalue weighted by Crippen LogP contribution is 2.39. The molecule has 7 nitrogen and oxygen atoms in total. The number of anilines is 2. The first kappa shape index (κ1) is 24.2. The van der Waals surface area contributed by atoms with Gasteiger partial charge in [-0.2, -0.15) is 0 Å². The Hall–Kier alpha value is -2.92. The largest absolute Gasteiger partial charge is 0.393 e. The van der Waals surface area contributed by atoms with E-state index < -0.39 is 23.6 Å². The van der Waals surface area contributed by atoms with Crippen LogP contribution in [0.3, 0.4) is 0 Å². The number of rotatable bonds is 9. The summed E-state index contributed by atoms with van der Waals surface area (Å²) >= 11 is 1.01. The number of nitrogens with zero attached hydrogens (tertiary/aromatic N) is 1. The summed E-state index contributed by atoms with van der Waals surface area (Å²) in [6.45, 7) is 5.53. The maximum Gasteiger partial charge on any atom is 0.251 e. The second-order valence-corrected chi connectivity index (χ2v) is 9.41. The molecule has 1 aliphatic rings. The number of hydrogen-bond acceptors (Lipinski definition) is 7. The Morgan fingerprint density at radius 3 is 2.59 bits per heavy atom. The van der Waals surface area contributed by atoms with E-state index in [1.165, 1.54) is 18.2 Å². The van der Waals surface area contributed by atoms with Crippen molar-refractivity contribution in [3.63, 3.8) is 0 Å². The molecule has 1 aromatic carbocycles. The zero-order valence-corrected chi connectivity index (χ0v) is 19.6. The van der Waals surface area contributed by atoms with E-state index in [0.717, 1.165) is 35.7 Å². The second kappa shape index (κ2) is 10.1. The van der Waals surface area contributed by atoms with Crippen LogP contribution in [-0.4, -0.2) is 41.3 Å². The zero-order chi connectivity index (χ0) is 24.4. The third-order valence-electron chi connectivity index (χ3n) is 5.53. The summed E-state index contributed by atoms with van der Waals surface area (Å²) in [5.74, 6) is -1.82. The van der Waals surface area contributed by atoms with E-state index in [0.29, 0.717) is 23.0 Å². The van der Waals surface area contributed by atoms with Crippen molar-refractivity contribution in [2.24, 2.45) is 5.73 Å². The van der Waals surface area contributed by atoms with E-state index in [2.05, 4.69) is 15.6 Å². The molecule has 34 heavy (non-hydrogen) atoms. The monoisotopic (exact) mass is 488 g/mol. The average Bonchev–Trinajstić information content (AvgIpc) is 3.10. The van der Waals surface area contributed by atoms with Gasteiger partial charge in [0.2, 0.25) is 0 Å². The number of aliphatic hydroxyl groups is 1. The number of carbonyl (C=O) groups is 1. The van der Waals surface area contributed by atoms with Crippen LogP contribution >= 0.6 is 11.3 Å². The zero-order valence-electron chi connectivity index (χ0n) is 18.8. The van der Waals surface area contributed by atoms with Crippen LogP contribution in [0.2, 0.25) is 0 Å². The summed E-state index contributed by atoms with van der Waals surface area (Å²) in [5.41, 5.74) is 7.43. The summed E-state index contributed by atoms with van der Waals surface area (Å²) < 4.78 is 35.4. The van der Waals surface area contributed by atoms with Gasteiger partial charge in [0.15, 0.2) is 0 Å². The third kappa shape index (κ3) is 5.41. The molecule has 1 aliphatic heterocycles. The van der Waals surface area contributed by atoms with E-state index >= 15 is 0 Å².